The van der Waals surface area contributed by atoms with Crippen LogP contribution in [0.2, 0.25) is 0 Å². The van der Waals surface area contributed by atoms with Crippen LogP contribution in [0.4, 0.5) is 10.1 Å². The number of sulfonamides is 1. The zero-order valence-electron chi connectivity index (χ0n) is 13.8. The molecule has 0 atom stereocenters. The maximum absolute atomic E-state index is 13.6. The topological polar surface area (TPSA) is 66.5 Å². The third kappa shape index (κ3) is 5.27. The first kappa shape index (κ1) is 19.4. The first-order valence-corrected chi connectivity index (χ1v) is 10.1. The third-order valence-electron chi connectivity index (χ3n) is 3.55. The SMILES string of the molecule is Cc1cc(N(CC(=O)NCc2ccccc2F)S(C)(=O)=O)ccc1Br. The molecule has 0 unspecified atom stereocenters. The molecule has 1 amide bonds. The van der Waals surface area contributed by atoms with Gasteiger partial charge in [-0.05, 0) is 36.8 Å². The van der Waals surface area contributed by atoms with Gasteiger partial charge in [-0.3, -0.25) is 9.10 Å². The average Bonchev–Trinajstić information content (AvgIpc) is 2.53. The van der Waals surface area contributed by atoms with Crippen molar-refractivity contribution in [2.45, 2.75) is 13.5 Å². The van der Waals surface area contributed by atoms with Gasteiger partial charge in [0.1, 0.15) is 12.4 Å². The number of anilines is 1. The number of aryl methyl sites for hydroxylation is 1. The van der Waals surface area contributed by atoms with Crippen LogP contribution in [-0.4, -0.2) is 27.1 Å². The quantitative estimate of drug-likeness (QED) is 0.768. The van der Waals surface area contributed by atoms with Gasteiger partial charge in [0.05, 0.1) is 11.9 Å². The Balaban J connectivity index is 2.13. The minimum atomic E-state index is -3.65. The lowest BCUT2D eigenvalue weighted by Gasteiger charge is -2.22. The zero-order chi connectivity index (χ0) is 18.6. The van der Waals surface area contributed by atoms with Crippen LogP contribution in [0.1, 0.15) is 11.1 Å². The summed E-state index contributed by atoms with van der Waals surface area (Å²) < 4.78 is 39.6. The van der Waals surface area contributed by atoms with Crippen molar-refractivity contribution in [3.63, 3.8) is 0 Å². The number of hydrogen-bond acceptors (Lipinski definition) is 3. The molecule has 0 saturated heterocycles. The number of nitrogens with one attached hydrogen (secondary N) is 1. The average molecular weight is 429 g/mol. The second-order valence-electron chi connectivity index (χ2n) is 5.57. The highest BCUT2D eigenvalue weighted by Crippen LogP contribution is 2.24. The Labute approximate surface area is 155 Å². The van der Waals surface area contributed by atoms with Crippen LogP contribution >= 0.6 is 15.9 Å². The van der Waals surface area contributed by atoms with Crippen LogP contribution in [-0.2, 0) is 21.4 Å². The smallest absolute Gasteiger partial charge is 0.241 e. The highest BCUT2D eigenvalue weighted by Gasteiger charge is 2.21. The third-order valence-corrected chi connectivity index (χ3v) is 5.58. The molecule has 0 aromatic heterocycles. The Morgan fingerprint density at radius 1 is 1.24 bits per heavy atom. The fraction of sp³-hybridized carbons (Fsp3) is 0.235. The van der Waals surface area contributed by atoms with Gasteiger partial charge in [0.2, 0.25) is 15.9 Å². The molecule has 0 saturated carbocycles. The molecule has 1 N–H and O–H groups in total. The van der Waals surface area contributed by atoms with Crippen molar-refractivity contribution in [2.24, 2.45) is 0 Å². The van der Waals surface area contributed by atoms with Crippen LogP contribution in [0.15, 0.2) is 46.9 Å². The van der Waals surface area contributed by atoms with E-state index in [0.29, 0.717) is 11.3 Å². The number of nitrogens with zero attached hydrogens (tertiary/aromatic N) is 1. The van der Waals surface area contributed by atoms with Crippen LogP contribution in [0.3, 0.4) is 0 Å². The minimum absolute atomic E-state index is 0.0114. The summed E-state index contributed by atoms with van der Waals surface area (Å²) in [5.41, 5.74) is 1.57. The number of carbonyl (C=O) groups excluding carboxylic acids is 1. The Morgan fingerprint density at radius 3 is 2.52 bits per heavy atom. The van der Waals surface area contributed by atoms with E-state index in [-0.39, 0.29) is 13.1 Å². The van der Waals surface area contributed by atoms with E-state index >= 15 is 0 Å². The lowest BCUT2D eigenvalue weighted by Crippen LogP contribution is -2.40. The molecule has 0 aliphatic carbocycles. The van der Waals surface area contributed by atoms with E-state index in [1.807, 2.05) is 6.92 Å². The fourth-order valence-corrected chi connectivity index (χ4v) is 3.30. The molecule has 0 spiro atoms. The monoisotopic (exact) mass is 428 g/mol. The zero-order valence-corrected chi connectivity index (χ0v) is 16.2. The number of benzene rings is 2. The second-order valence-corrected chi connectivity index (χ2v) is 8.33. The van der Waals surface area contributed by atoms with E-state index in [1.54, 1.807) is 36.4 Å². The molecule has 2 rings (SSSR count). The van der Waals surface area contributed by atoms with E-state index in [9.17, 15) is 17.6 Å². The van der Waals surface area contributed by atoms with Gasteiger partial charge in [0.25, 0.3) is 0 Å². The molecule has 5 nitrogen and oxygen atoms in total. The van der Waals surface area contributed by atoms with Crippen molar-refractivity contribution in [3.05, 3.63) is 63.9 Å². The molecule has 0 heterocycles. The van der Waals surface area contributed by atoms with Crippen molar-refractivity contribution in [1.82, 2.24) is 5.32 Å². The first-order valence-electron chi connectivity index (χ1n) is 7.42. The maximum atomic E-state index is 13.6. The molecule has 0 bridgehead atoms. The van der Waals surface area contributed by atoms with E-state index in [4.69, 9.17) is 0 Å². The summed E-state index contributed by atoms with van der Waals surface area (Å²) in [6, 6.07) is 11.1. The van der Waals surface area contributed by atoms with Crippen molar-refractivity contribution in [2.75, 3.05) is 17.1 Å². The first-order chi connectivity index (χ1) is 11.7. The summed E-state index contributed by atoms with van der Waals surface area (Å²) in [6.07, 6.45) is 1.04. The van der Waals surface area contributed by atoms with Gasteiger partial charge in [-0.25, -0.2) is 12.8 Å². The summed E-state index contributed by atoms with van der Waals surface area (Å²) in [4.78, 5) is 12.2. The van der Waals surface area contributed by atoms with Gasteiger partial charge < -0.3 is 5.32 Å². The summed E-state index contributed by atoms with van der Waals surface area (Å²) in [5.74, 6) is -0.944. The Bertz CT molecular complexity index is 887. The minimum Gasteiger partial charge on any atom is -0.350 e. The van der Waals surface area contributed by atoms with Crippen LogP contribution in [0.25, 0.3) is 0 Å². The predicted octanol–water partition coefficient (Wildman–Crippen LogP) is 2.98. The van der Waals surface area contributed by atoms with Gasteiger partial charge in [-0.1, -0.05) is 34.1 Å². The molecule has 134 valence electrons. The Kier molecular flexibility index (Phi) is 6.18. The van der Waals surface area contributed by atoms with E-state index in [0.717, 1.165) is 20.6 Å². The molecule has 2 aromatic rings. The summed E-state index contributed by atoms with van der Waals surface area (Å²) in [6.45, 7) is 1.43. The number of halogens is 2. The second kappa shape index (κ2) is 7.97. The van der Waals surface area contributed by atoms with Crippen LogP contribution in [0.5, 0.6) is 0 Å². The molecule has 0 radical (unpaired) electrons. The summed E-state index contributed by atoms with van der Waals surface area (Å²) in [7, 11) is -3.65. The largest absolute Gasteiger partial charge is 0.350 e. The van der Waals surface area contributed by atoms with Crippen molar-refractivity contribution in [1.29, 1.82) is 0 Å². The fourth-order valence-electron chi connectivity index (χ4n) is 2.21. The molecule has 0 aliphatic rings. The van der Waals surface area contributed by atoms with Crippen molar-refractivity contribution < 1.29 is 17.6 Å². The van der Waals surface area contributed by atoms with Crippen molar-refractivity contribution in [3.8, 4) is 0 Å². The number of hydrogen-bond donors (Lipinski definition) is 1. The lowest BCUT2D eigenvalue weighted by molar-refractivity contribution is -0.119. The Hall–Kier alpha value is -1.93. The predicted molar refractivity (Wildman–Crippen MR) is 99.3 cm³/mol. The van der Waals surface area contributed by atoms with Crippen molar-refractivity contribution >= 4 is 37.5 Å². The number of amides is 1. The molecule has 25 heavy (non-hydrogen) atoms. The molecular formula is C17H18BrFN2O3S. The van der Waals surface area contributed by atoms with Crippen LogP contribution < -0.4 is 9.62 Å². The van der Waals surface area contributed by atoms with Gasteiger partial charge in [0, 0.05) is 16.6 Å². The molecule has 0 aliphatic heterocycles. The van der Waals surface area contributed by atoms with E-state index in [2.05, 4.69) is 21.2 Å². The maximum Gasteiger partial charge on any atom is 0.241 e. The summed E-state index contributed by atoms with van der Waals surface area (Å²) >= 11 is 3.35. The molecule has 0 fully saturated rings. The molecule has 2 aromatic carbocycles. The van der Waals surface area contributed by atoms with Crippen LogP contribution in [0, 0.1) is 12.7 Å². The van der Waals surface area contributed by atoms with E-state index < -0.39 is 21.7 Å². The normalized spacial score (nSPS) is 11.2. The standard InChI is InChI=1S/C17H18BrFN2O3S/c1-12-9-14(7-8-15(12)18)21(25(2,23)24)11-17(22)20-10-13-5-3-4-6-16(13)19/h3-9H,10-11H2,1-2H3,(H,20,22). The lowest BCUT2D eigenvalue weighted by atomic mass is 10.2. The van der Waals surface area contributed by atoms with E-state index in [1.165, 1.54) is 6.07 Å². The van der Waals surface area contributed by atoms with Gasteiger partial charge in [-0.15, -0.1) is 0 Å². The number of carbonyl (C=O) groups is 1. The highest BCUT2D eigenvalue weighted by atomic mass is 79.9. The molecular weight excluding hydrogens is 411 g/mol. The van der Waals surface area contributed by atoms with Gasteiger partial charge in [-0.2, -0.15) is 0 Å². The Morgan fingerprint density at radius 2 is 1.92 bits per heavy atom. The highest BCUT2D eigenvalue weighted by molar-refractivity contribution is 9.10. The summed E-state index contributed by atoms with van der Waals surface area (Å²) in [5, 5.41) is 2.54. The van der Waals surface area contributed by atoms with Gasteiger partial charge in [0.15, 0.2) is 0 Å². The number of rotatable bonds is 6. The molecule has 8 heteroatoms. The van der Waals surface area contributed by atoms with Gasteiger partial charge >= 0.3 is 0 Å².